The van der Waals surface area contributed by atoms with E-state index in [-0.39, 0.29) is 11.4 Å². The van der Waals surface area contributed by atoms with Gasteiger partial charge >= 0.3 is 0 Å². The normalized spacial score (nSPS) is 10.4. The van der Waals surface area contributed by atoms with Crippen LogP contribution in [0.1, 0.15) is 5.82 Å². The number of alkyl halides is 1. The van der Waals surface area contributed by atoms with E-state index in [2.05, 4.69) is 9.97 Å². The first-order valence-corrected chi connectivity index (χ1v) is 5.07. The first-order valence-electron chi connectivity index (χ1n) is 4.53. The topological polar surface area (TPSA) is 25.8 Å². The maximum absolute atomic E-state index is 13.4. The fraction of sp³-hybridized carbons (Fsp3) is 0.0909. The average Bonchev–Trinajstić information content (AvgIpc) is 2.33. The van der Waals surface area contributed by atoms with Gasteiger partial charge in [-0.2, -0.15) is 0 Å². The van der Waals surface area contributed by atoms with Gasteiger partial charge < -0.3 is 0 Å². The summed E-state index contributed by atoms with van der Waals surface area (Å²) in [4.78, 5) is 7.82. The minimum atomic E-state index is -0.898. The molecular formula is C11H7ClF2N2. The molecule has 0 spiro atoms. The van der Waals surface area contributed by atoms with Crippen LogP contribution in [0.2, 0.25) is 0 Å². The number of rotatable bonds is 2. The number of hydrogen-bond acceptors (Lipinski definition) is 2. The maximum Gasteiger partial charge on any atom is 0.166 e. The Balaban J connectivity index is 2.46. The van der Waals surface area contributed by atoms with E-state index in [1.54, 1.807) is 0 Å². The van der Waals surface area contributed by atoms with Gasteiger partial charge in [-0.05, 0) is 6.07 Å². The van der Waals surface area contributed by atoms with E-state index in [0.29, 0.717) is 11.4 Å². The zero-order valence-corrected chi connectivity index (χ0v) is 8.88. The maximum atomic E-state index is 13.4. The van der Waals surface area contributed by atoms with Gasteiger partial charge in [0.1, 0.15) is 5.82 Å². The van der Waals surface area contributed by atoms with Gasteiger partial charge in [0.25, 0.3) is 0 Å². The molecule has 0 aliphatic heterocycles. The standard InChI is InChI=1S/C11H7ClF2N2/c12-4-10-15-5-7(6-16-10)8-2-1-3-9(13)11(8)14/h1-3,5-6H,4H2. The van der Waals surface area contributed by atoms with E-state index in [4.69, 9.17) is 11.6 Å². The number of aromatic nitrogens is 2. The Labute approximate surface area is 95.9 Å². The Hall–Kier alpha value is -1.55. The zero-order valence-electron chi connectivity index (χ0n) is 8.12. The van der Waals surface area contributed by atoms with Crippen LogP contribution in [-0.2, 0) is 5.88 Å². The predicted octanol–water partition coefficient (Wildman–Crippen LogP) is 3.16. The fourth-order valence-electron chi connectivity index (χ4n) is 1.29. The first kappa shape index (κ1) is 11.0. The van der Waals surface area contributed by atoms with Crippen molar-refractivity contribution < 1.29 is 8.78 Å². The highest BCUT2D eigenvalue weighted by Crippen LogP contribution is 2.22. The molecule has 2 aromatic rings. The van der Waals surface area contributed by atoms with Crippen LogP contribution < -0.4 is 0 Å². The smallest absolute Gasteiger partial charge is 0.166 e. The van der Waals surface area contributed by atoms with Crippen LogP contribution in [0, 0.1) is 11.6 Å². The van der Waals surface area contributed by atoms with E-state index in [1.165, 1.54) is 24.5 Å². The summed E-state index contributed by atoms with van der Waals surface area (Å²) in [5.74, 6) is -1.16. The second-order valence-corrected chi connectivity index (χ2v) is 3.39. The number of hydrogen-bond donors (Lipinski definition) is 0. The molecule has 0 bridgehead atoms. The Kier molecular flexibility index (Phi) is 3.10. The van der Waals surface area contributed by atoms with Crippen molar-refractivity contribution in [2.45, 2.75) is 5.88 Å². The van der Waals surface area contributed by atoms with E-state index in [9.17, 15) is 8.78 Å². The summed E-state index contributed by atoms with van der Waals surface area (Å²) in [6.07, 6.45) is 2.84. The second-order valence-electron chi connectivity index (χ2n) is 3.12. The summed E-state index contributed by atoms with van der Waals surface area (Å²) >= 11 is 5.52. The molecule has 0 saturated heterocycles. The van der Waals surface area contributed by atoms with E-state index < -0.39 is 11.6 Å². The Morgan fingerprint density at radius 1 is 1.12 bits per heavy atom. The number of benzene rings is 1. The molecule has 2 nitrogen and oxygen atoms in total. The van der Waals surface area contributed by atoms with Crippen LogP contribution >= 0.6 is 11.6 Å². The molecule has 2 rings (SSSR count). The lowest BCUT2D eigenvalue weighted by Crippen LogP contribution is -1.94. The monoisotopic (exact) mass is 240 g/mol. The molecule has 5 heteroatoms. The van der Waals surface area contributed by atoms with Gasteiger partial charge in [0.05, 0.1) is 5.88 Å². The van der Waals surface area contributed by atoms with Crippen molar-refractivity contribution in [3.63, 3.8) is 0 Å². The number of halogens is 3. The highest BCUT2D eigenvalue weighted by atomic mass is 35.5. The third-order valence-electron chi connectivity index (χ3n) is 2.09. The van der Waals surface area contributed by atoms with Gasteiger partial charge in [-0.25, -0.2) is 18.7 Å². The highest BCUT2D eigenvalue weighted by molar-refractivity contribution is 6.16. The molecule has 0 radical (unpaired) electrons. The van der Waals surface area contributed by atoms with Gasteiger partial charge in [0.15, 0.2) is 11.6 Å². The van der Waals surface area contributed by atoms with Gasteiger partial charge in [-0.15, -0.1) is 11.6 Å². The van der Waals surface area contributed by atoms with Crippen molar-refractivity contribution in [1.82, 2.24) is 9.97 Å². The molecule has 0 saturated carbocycles. The summed E-state index contributed by atoms with van der Waals surface area (Å²) < 4.78 is 26.4. The number of nitrogens with zero attached hydrogens (tertiary/aromatic N) is 2. The average molecular weight is 241 g/mol. The Morgan fingerprint density at radius 3 is 2.44 bits per heavy atom. The summed E-state index contributed by atoms with van der Waals surface area (Å²) in [6, 6.07) is 3.97. The minimum Gasteiger partial charge on any atom is -0.239 e. The summed E-state index contributed by atoms with van der Waals surface area (Å²) in [7, 11) is 0. The molecule has 1 aromatic heterocycles. The second kappa shape index (κ2) is 4.53. The molecule has 0 atom stereocenters. The minimum absolute atomic E-state index is 0.140. The lowest BCUT2D eigenvalue weighted by molar-refractivity contribution is 0.511. The molecular weight excluding hydrogens is 234 g/mol. The molecule has 82 valence electrons. The van der Waals surface area contributed by atoms with Gasteiger partial charge in [-0.1, -0.05) is 12.1 Å². The van der Waals surface area contributed by atoms with Crippen molar-refractivity contribution in [2.75, 3.05) is 0 Å². The summed E-state index contributed by atoms with van der Waals surface area (Å²) in [6.45, 7) is 0. The largest absolute Gasteiger partial charge is 0.239 e. The van der Waals surface area contributed by atoms with Crippen LogP contribution in [0.25, 0.3) is 11.1 Å². The molecule has 0 unspecified atom stereocenters. The lowest BCUT2D eigenvalue weighted by atomic mass is 10.1. The molecule has 0 amide bonds. The Bertz CT molecular complexity index is 500. The van der Waals surface area contributed by atoms with Gasteiger partial charge in [-0.3, -0.25) is 0 Å². The predicted molar refractivity (Wildman–Crippen MR) is 56.9 cm³/mol. The van der Waals surface area contributed by atoms with E-state index >= 15 is 0 Å². The molecule has 0 N–H and O–H groups in total. The summed E-state index contributed by atoms with van der Waals surface area (Å²) in [5.41, 5.74) is 0.562. The van der Waals surface area contributed by atoms with Gasteiger partial charge in [0, 0.05) is 23.5 Å². The highest BCUT2D eigenvalue weighted by Gasteiger charge is 2.10. The third-order valence-corrected chi connectivity index (χ3v) is 2.33. The van der Waals surface area contributed by atoms with E-state index in [1.807, 2.05) is 0 Å². The molecule has 0 aliphatic carbocycles. The Morgan fingerprint density at radius 2 is 1.81 bits per heavy atom. The SMILES string of the molecule is Fc1cccc(-c2cnc(CCl)nc2)c1F. The van der Waals surface area contributed by atoms with Crippen LogP contribution in [-0.4, -0.2) is 9.97 Å². The van der Waals surface area contributed by atoms with Crippen molar-refractivity contribution >= 4 is 11.6 Å². The molecule has 0 aliphatic rings. The molecule has 1 aromatic carbocycles. The van der Waals surface area contributed by atoms with Crippen LogP contribution in [0.5, 0.6) is 0 Å². The van der Waals surface area contributed by atoms with Gasteiger partial charge in [0.2, 0.25) is 0 Å². The molecule has 0 fully saturated rings. The van der Waals surface area contributed by atoms with Crippen molar-refractivity contribution in [2.24, 2.45) is 0 Å². The van der Waals surface area contributed by atoms with Crippen molar-refractivity contribution in [3.8, 4) is 11.1 Å². The van der Waals surface area contributed by atoms with Crippen LogP contribution in [0.3, 0.4) is 0 Å². The van der Waals surface area contributed by atoms with Crippen LogP contribution in [0.4, 0.5) is 8.78 Å². The van der Waals surface area contributed by atoms with Crippen molar-refractivity contribution in [1.29, 1.82) is 0 Å². The zero-order chi connectivity index (χ0) is 11.5. The fourth-order valence-corrected chi connectivity index (χ4v) is 1.43. The first-order chi connectivity index (χ1) is 7.72. The quantitative estimate of drug-likeness (QED) is 0.754. The summed E-state index contributed by atoms with van der Waals surface area (Å²) in [5, 5.41) is 0. The lowest BCUT2D eigenvalue weighted by Gasteiger charge is -2.03. The van der Waals surface area contributed by atoms with E-state index in [0.717, 1.165) is 6.07 Å². The van der Waals surface area contributed by atoms with Crippen molar-refractivity contribution in [3.05, 3.63) is 48.1 Å². The van der Waals surface area contributed by atoms with Crippen LogP contribution in [0.15, 0.2) is 30.6 Å². The molecule has 1 heterocycles. The molecule has 16 heavy (non-hydrogen) atoms. The third kappa shape index (κ3) is 2.02.